The quantitative estimate of drug-likeness (QED) is 0.0329. The molecule has 5 atom stereocenters. The van der Waals surface area contributed by atoms with Crippen LogP contribution in [0.15, 0.2) is 83.3 Å². The zero-order chi connectivity index (χ0) is 59.2. The smallest absolute Gasteiger partial charge is 0.312 e. The number of benzene rings is 2. The van der Waals surface area contributed by atoms with Crippen molar-refractivity contribution in [1.29, 1.82) is 0 Å². The highest BCUT2D eigenvalue weighted by Gasteiger charge is 2.47. The minimum Gasteiger partial charge on any atom is -0.352 e. The van der Waals surface area contributed by atoms with Crippen LogP contribution < -0.4 is 42.4 Å². The lowest BCUT2D eigenvalue weighted by Crippen LogP contribution is -2.61. The van der Waals surface area contributed by atoms with Crippen LogP contribution in [0.4, 0.5) is 4.79 Å². The van der Waals surface area contributed by atoms with E-state index in [0.29, 0.717) is 37.7 Å². The Hall–Kier alpha value is -6.94. The Morgan fingerprint density at radius 1 is 0.772 bits per heavy atom. The number of hydrogen-bond acceptors (Lipinski definition) is 12. The number of rotatable bonds is 29. The molecule has 0 saturated heterocycles. The van der Waals surface area contributed by atoms with Crippen LogP contribution in [-0.2, 0) is 59.3 Å². The van der Waals surface area contributed by atoms with Crippen molar-refractivity contribution in [1.82, 2.24) is 46.4 Å². The van der Waals surface area contributed by atoms with E-state index < -0.39 is 92.2 Å². The zero-order valence-electron chi connectivity index (χ0n) is 47.9. The molecular weight excluding hydrogens is 1030 g/mol. The first-order valence-corrected chi connectivity index (χ1v) is 28.5. The Balaban J connectivity index is 1.42. The first-order valence-electron chi connectivity index (χ1n) is 27.0. The lowest BCUT2D eigenvalue weighted by molar-refractivity contribution is -0.141. The van der Waals surface area contributed by atoms with Gasteiger partial charge in [0.15, 0.2) is 0 Å². The Kier molecular flexibility index (Phi) is 22.7. The van der Waals surface area contributed by atoms with Gasteiger partial charge in [0.05, 0.1) is 22.5 Å². The van der Waals surface area contributed by atoms with Gasteiger partial charge in [-0.15, -0.1) is 0 Å². The molecule has 1 saturated carbocycles. The Morgan fingerprint density at radius 2 is 1.38 bits per heavy atom. The van der Waals surface area contributed by atoms with Crippen LogP contribution >= 0.6 is 0 Å². The molecule has 1 heterocycles. The first kappa shape index (κ1) is 64.6. The summed E-state index contributed by atoms with van der Waals surface area (Å²) in [6, 6.07) is 10.1. The van der Waals surface area contributed by atoms with E-state index in [1.807, 2.05) is 78.8 Å². The summed E-state index contributed by atoms with van der Waals surface area (Å²) in [4.78, 5) is 120. The third-order valence-corrected chi connectivity index (χ3v) is 15.9. The van der Waals surface area contributed by atoms with E-state index in [0.717, 1.165) is 10.5 Å². The van der Waals surface area contributed by atoms with Gasteiger partial charge in [-0.1, -0.05) is 117 Å². The molecule has 5 unspecified atom stereocenters. The molecule has 4 rings (SSSR count). The van der Waals surface area contributed by atoms with Crippen LogP contribution in [0, 0.1) is 17.3 Å². The highest BCUT2D eigenvalue weighted by Crippen LogP contribution is 2.46. The number of carbonyl (C=O) groups is 9. The molecule has 1 fully saturated rings. The lowest BCUT2D eigenvalue weighted by atomic mass is 9.76. The van der Waals surface area contributed by atoms with Gasteiger partial charge in [-0.25, -0.2) is 17.9 Å². The number of likely N-dealkylation sites (N-methyl/N-ethyl adjacent to an activating group) is 2. The van der Waals surface area contributed by atoms with Crippen LogP contribution in [0.3, 0.4) is 0 Å². The number of urea groups is 1. The van der Waals surface area contributed by atoms with Crippen molar-refractivity contribution in [3.63, 3.8) is 0 Å². The predicted octanol–water partition coefficient (Wildman–Crippen LogP) is 3.68. The maximum absolute atomic E-state index is 14.4. The summed E-state index contributed by atoms with van der Waals surface area (Å²) in [6.45, 7) is 18.5. The summed E-state index contributed by atoms with van der Waals surface area (Å²) in [5, 5.41) is 17.2. The minimum absolute atomic E-state index is 0.0290. The number of primary amides is 1. The summed E-state index contributed by atoms with van der Waals surface area (Å²) in [7, 11) is -1.16. The molecule has 1 aliphatic carbocycles. The standard InChI is InChI=1S/C57H84N10O11S/c1-35(2)42(66(12)53(75)48(55(6,7)8)63-52(74)47(59-11)56(9,10)38-20-15-13-16-21-38)34-37(5)49(71)65-79(77,78)40-26-24-39(25-27-40)57(30-31-57)64-50(72)41(22-19-32-60-54(58)76)61-51(73)46(36(3)4)62-43(68)23-17-14-18-33-67-44(69)28-29-45(67)70/h13,15-16,20-21,24-29,34-36,41-42,46-48,59H,14,17-19,22-23,30-33H2,1-12H3,(H,61,73)(H,62,68)(H,63,74)(H,64,72)(H,65,71)(H3,58,60,76)/b37-34+. The maximum atomic E-state index is 14.4. The maximum Gasteiger partial charge on any atom is 0.312 e. The number of nitrogens with two attached hydrogens (primary N) is 1. The lowest BCUT2D eigenvalue weighted by Gasteiger charge is -2.40. The minimum atomic E-state index is -4.44. The van der Waals surface area contributed by atoms with Crippen LogP contribution in [-0.4, -0.2) is 129 Å². The summed E-state index contributed by atoms with van der Waals surface area (Å²) in [5.74, 6) is -4.60. The zero-order valence-corrected chi connectivity index (χ0v) is 48.7. The summed E-state index contributed by atoms with van der Waals surface area (Å²) in [6.07, 6.45) is 6.86. The van der Waals surface area contributed by atoms with Crippen molar-refractivity contribution in [3.8, 4) is 0 Å². The third-order valence-electron chi connectivity index (χ3n) is 14.6. The summed E-state index contributed by atoms with van der Waals surface area (Å²) in [5.41, 5.74) is 4.48. The number of sulfonamides is 1. The Bertz CT molecular complexity index is 2700. The molecule has 0 radical (unpaired) electrons. The third kappa shape index (κ3) is 17.8. The molecule has 10 amide bonds. The van der Waals surface area contributed by atoms with E-state index in [9.17, 15) is 51.6 Å². The predicted molar refractivity (Wildman–Crippen MR) is 300 cm³/mol. The van der Waals surface area contributed by atoms with E-state index >= 15 is 0 Å². The van der Waals surface area contributed by atoms with E-state index in [1.165, 1.54) is 54.3 Å². The normalized spacial score (nSPS) is 16.3. The molecule has 2 aromatic rings. The Morgan fingerprint density at radius 3 is 1.91 bits per heavy atom. The molecule has 2 aliphatic rings. The molecule has 9 N–H and O–H groups in total. The van der Waals surface area contributed by atoms with E-state index in [-0.39, 0.29) is 72.4 Å². The second-order valence-electron chi connectivity index (χ2n) is 22.9. The van der Waals surface area contributed by atoms with Gasteiger partial charge in [-0.3, -0.25) is 43.3 Å². The molecular formula is C57H84N10O11S. The molecule has 1 aliphatic heterocycles. The molecule has 21 nitrogen and oxygen atoms in total. The summed E-state index contributed by atoms with van der Waals surface area (Å²) < 4.78 is 29.6. The van der Waals surface area contributed by atoms with Gasteiger partial charge in [-0.2, -0.15) is 0 Å². The van der Waals surface area contributed by atoms with Gasteiger partial charge in [-0.05, 0) is 93.0 Å². The van der Waals surface area contributed by atoms with Gasteiger partial charge in [0.2, 0.25) is 29.5 Å². The van der Waals surface area contributed by atoms with Crippen molar-refractivity contribution in [3.05, 3.63) is 89.5 Å². The second-order valence-corrected chi connectivity index (χ2v) is 24.6. The van der Waals surface area contributed by atoms with E-state index in [4.69, 9.17) is 5.73 Å². The van der Waals surface area contributed by atoms with Gasteiger partial charge in [0.25, 0.3) is 27.7 Å². The molecule has 434 valence electrons. The fraction of sp³-hybridized carbons (Fsp3) is 0.561. The number of nitrogens with zero attached hydrogens (tertiary/aromatic N) is 2. The van der Waals surface area contributed by atoms with Crippen LogP contribution in [0.5, 0.6) is 0 Å². The highest BCUT2D eigenvalue weighted by molar-refractivity contribution is 7.90. The molecule has 0 bridgehead atoms. The Labute approximate surface area is 465 Å². The number of hydrogen-bond donors (Lipinski definition) is 8. The average Bonchev–Trinajstić information content (AvgIpc) is 4.12. The highest BCUT2D eigenvalue weighted by atomic mass is 32.2. The number of nitrogens with one attached hydrogen (secondary N) is 7. The van der Waals surface area contributed by atoms with Crippen LogP contribution in [0.25, 0.3) is 0 Å². The first-order chi connectivity index (χ1) is 36.9. The van der Waals surface area contributed by atoms with Crippen molar-refractivity contribution >= 4 is 63.3 Å². The van der Waals surface area contributed by atoms with Crippen molar-refractivity contribution in [2.24, 2.45) is 23.0 Å². The largest absolute Gasteiger partial charge is 0.352 e. The molecule has 79 heavy (non-hydrogen) atoms. The monoisotopic (exact) mass is 1120 g/mol. The summed E-state index contributed by atoms with van der Waals surface area (Å²) >= 11 is 0. The molecule has 22 heteroatoms. The fourth-order valence-corrected chi connectivity index (χ4v) is 10.5. The fourth-order valence-electron chi connectivity index (χ4n) is 9.52. The molecule has 2 aromatic carbocycles. The number of unbranched alkanes of at least 4 members (excludes halogenated alkanes) is 2. The van der Waals surface area contributed by atoms with Gasteiger partial charge < -0.3 is 42.5 Å². The second kappa shape index (κ2) is 27.8. The van der Waals surface area contributed by atoms with Gasteiger partial charge in [0.1, 0.15) is 18.1 Å². The van der Waals surface area contributed by atoms with Gasteiger partial charge >= 0.3 is 6.03 Å². The van der Waals surface area contributed by atoms with E-state index in [2.05, 4.69) is 36.6 Å². The van der Waals surface area contributed by atoms with Crippen molar-refractivity contribution < 1.29 is 51.6 Å². The molecule has 0 aromatic heterocycles. The van der Waals surface area contributed by atoms with E-state index in [1.54, 1.807) is 27.9 Å². The van der Waals surface area contributed by atoms with Gasteiger partial charge in [0, 0.05) is 49.7 Å². The number of carbonyl (C=O) groups excluding carboxylic acids is 9. The van der Waals surface area contributed by atoms with Crippen molar-refractivity contribution in [2.45, 2.75) is 167 Å². The number of imide groups is 1. The van der Waals surface area contributed by atoms with Crippen LogP contribution in [0.1, 0.15) is 132 Å². The van der Waals surface area contributed by atoms with Crippen LogP contribution in [0.2, 0.25) is 0 Å². The molecule has 0 spiro atoms. The van der Waals surface area contributed by atoms with Crippen molar-refractivity contribution in [2.75, 3.05) is 27.2 Å². The average molecular weight is 1120 g/mol. The topological polar surface area (TPSA) is 304 Å². The number of amides is 10. The SMILES string of the molecule is CNC(C(=O)NC(C(=O)N(C)C(/C=C(\C)C(=O)NS(=O)(=O)c1ccc(C2(NC(=O)C(CCCNC(N)=O)NC(=O)C(NC(=O)CCCCCN3C(=O)C=CC3=O)C(C)C)CC2)cc1)C(C)C)C(C)(C)C)C(C)(C)c1ccccc1.